The number of hydrogen-bond donors (Lipinski definition) is 1. The van der Waals surface area contributed by atoms with Crippen molar-refractivity contribution < 1.29 is 14.3 Å². The lowest BCUT2D eigenvalue weighted by Crippen LogP contribution is -2.38. The summed E-state index contributed by atoms with van der Waals surface area (Å²) in [5.74, 6) is -1.16. The molecule has 1 aromatic heterocycles. The number of carbonyl (C=O) groups is 1. The molecule has 0 unspecified atom stereocenters. The Morgan fingerprint density at radius 2 is 1.85 bits per heavy atom. The van der Waals surface area contributed by atoms with E-state index in [1.54, 1.807) is 18.3 Å². The van der Waals surface area contributed by atoms with Crippen molar-refractivity contribution in [1.82, 2.24) is 4.98 Å². The second-order valence-corrected chi connectivity index (χ2v) is 7.81. The molecule has 2 aromatic rings. The molecule has 1 aliphatic heterocycles. The van der Waals surface area contributed by atoms with Gasteiger partial charge in [0.15, 0.2) is 0 Å². The second kappa shape index (κ2) is 7.06. The van der Waals surface area contributed by atoms with Gasteiger partial charge in [-0.1, -0.05) is 26.0 Å². The molecule has 0 radical (unpaired) electrons. The molecule has 1 N–H and O–H groups in total. The molecule has 0 amide bonds. The van der Waals surface area contributed by atoms with Crippen molar-refractivity contribution in [3.8, 4) is 11.1 Å². The number of nitrogens with zero attached hydrogens (tertiary/aromatic N) is 2. The highest BCUT2D eigenvalue weighted by Crippen LogP contribution is 2.39. The average Bonchev–Trinajstić information content (AvgIpc) is 2.57. The topological polar surface area (TPSA) is 53.4 Å². The highest BCUT2D eigenvalue weighted by molar-refractivity contribution is 5.84. The Morgan fingerprint density at radius 1 is 1.23 bits per heavy atom. The Kier molecular flexibility index (Phi) is 4.99. The van der Waals surface area contributed by atoms with Gasteiger partial charge in [0.1, 0.15) is 5.82 Å². The summed E-state index contributed by atoms with van der Waals surface area (Å²) in [5.41, 5.74) is 4.43. The molecular weight excluding hydrogens is 331 g/mol. The summed E-state index contributed by atoms with van der Waals surface area (Å²) < 4.78 is 13.4. The second-order valence-electron chi connectivity index (χ2n) is 7.81. The SMILES string of the molecule is Cc1ncc(-c2ccc(F)cc2)c(N2CCC(C)(C)CC2)c1CC(=O)O. The van der Waals surface area contributed by atoms with Crippen LogP contribution in [-0.2, 0) is 11.2 Å². The molecule has 5 heteroatoms. The monoisotopic (exact) mass is 356 g/mol. The molecule has 1 fully saturated rings. The maximum atomic E-state index is 13.4. The molecule has 4 nitrogen and oxygen atoms in total. The molecule has 1 aromatic carbocycles. The molecule has 0 saturated carbocycles. The van der Waals surface area contributed by atoms with Crippen molar-refractivity contribution >= 4 is 11.7 Å². The van der Waals surface area contributed by atoms with E-state index in [2.05, 4.69) is 23.7 Å². The first-order chi connectivity index (χ1) is 12.3. The number of aromatic nitrogens is 1. The van der Waals surface area contributed by atoms with Crippen LogP contribution >= 0.6 is 0 Å². The number of rotatable bonds is 4. The largest absolute Gasteiger partial charge is 0.481 e. The zero-order chi connectivity index (χ0) is 18.9. The van der Waals surface area contributed by atoms with Gasteiger partial charge in [0.25, 0.3) is 0 Å². The lowest BCUT2D eigenvalue weighted by Gasteiger charge is -2.40. The van der Waals surface area contributed by atoms with Crippen LogP contribution in [-0.4, -0.2) is 29.1 Å². The molecule has 1 saturated heterocycles. The van der Waals surface area contributed by atoms with Crippen LogP contribution in [0.4, 0.5) is 10.1 Å². The van der Waals surface area contributed by atoms with Gasteiger partial charge in [0, 0.05) is 36.1 Å². The Morgan fingerprint density at radius 3 is 2.42 bits per heavy atom. The number of carboxylic acids is 1. The van der Waals surface area contributed by atoms with Crippen LogP contribution in [0.3, 0.4) is 0 Å². The van der Waals surface area contributed by atoms with Crippen molar-refractivity contribution in [1.29, 1.82) is 0 Å². The van der Waals surface area contributed by atoms with Gasteiger partial charge in [-0.05, 0) is 42.9 Å². The van der Waals surface area contributed by atoms with Gasteiger partial charge in [-0.25, -0.2) is 4.39 Å². The number of anilines is 1. The fourth-order valence-electron chi connectivity index (χ4n) is 3.53. The number of piperidine rings is 1. The lowest BCUT2D eigenvalue weighted by atomic mass is 9.82. The van der Waals surface area contributed by atoms with E-state index < -0.39 is 5.97 Å². The number of carboxylic acid groups (broad SMARTS) is 1. The standard InChI is InChI=1S/C21H25FN2O2/c1-14-17(12-19(25)26)20(24-10-8-21(2,3)9-11-24)18(13-23-14)15-4-6-16(22)7-5-15/h4-7,13H,8-12H2,1-3H3,(H,25,26). The molecule has 0 spiro atoms. The van der Waals surface area contributed by atoms with E-state index >= 15 is 0 Å². The van der Waals surface area contributed by atoms with Crippen LogP contribution in [0.25, 0.3) is 11.1 Å². The van der Waals surface area contributed by atoms with Crippen LogP contribution in [0.5, 0.6) is 0 Å². The molecule has 0 aliphatic carbocycles. The highest BCUT2D eigenvalue weighted by atomic mass is 19.1. The van der Waals surface area contributed by atoms with E-state index in [1.165, 1.54) is 12.1 Å². The van der Waals surface area contributed by atoms with Gasteiger partial charge >= 0.3 is 5.97 Å². The molecule has 1 aliphatic rings. The molecular formula is C21H25FN2O2. The number of pyridine rings is 1. The molecule has 2 heterocycles. The van der Waals surface area contributed by atoms with Crippen molar-refractivity contribution in [3.63, 3.8) is 0 Å². The number of aryl methyl sites for hydroxylation is 1. The summed E-state index contributed by atoms with van der Waals surface area (Å²) in [6, 6.07) is 6.30. The predicted molar refractivity (Wildman–Crippen MR) is 101 cm³/mol. The quantitative estimate of drug-likeness (QED) is 0.879. The van der Waals surface area contributed by atoms with Crippen LogP contribution in [0.2, 0.25) is 0 Å². The van der Waals surface area contributed by atoms with Crippen LogP contribution in [0, 0.1) is 18.2 Å². The molecule has 3 rings (SSSR count). The molecule has 138 valence electrons. The zero-order valence-electron chi connectivity index (χ0n) is 15.6. The summed E-state index contributed by atoms with van der Waals surface area (Å²) in [4.78, 5) is 18.2. The zero-order valence-corrected chi connectivity index (χ0v) is 15.6. The number of aliphatic carboxylic acids is 1. The van der Waals surface area contributed by atoms with Gasteiger partial charge in [-0.3, -0.25) is 9.78 Å². The minimum Gasteiger partial charge on any atom is -0.481 e. The maximum Gasteiger partial charge on any atom is 0.307 e. The summed E-state index contributed by atoms with van der Waals surface area (Å²) in [7, 11) is 0. The molecule has 26 heavy (non-hydrogen) atoms. The van der Waals surface area contributed by atoms with Crippen molar-refractivity contribution in [2.75, 3.05) is 18.0 Å². The van der Waals surface area contributed by atoms with Crippen LogP contribution in [0.1, 0.15) is 37.9 Å². The van der Waals surface area contributed by atoms with Crippen LogP contribution < -0.4 is 4.90 Å². The Hall–Kier alpha value is -2.43. The molecule has 0 atom stereocenters. The van der Waals surface area contributed by atoms with E-state index in [9.17, 15) is 14.3 Å². The highest BCUT2D eigenvalue weighted by Gasteiger charge is 2.29. The number of hydrogen-bond acceptors (Lipinski definition) is 3. The Balaban J connectivity index is 2.12. The van der Waals surface area contributed by atoms with Gasteiger partial charge in [0.2, 0.25) is 0 Å². The summed E-state index contributed by atoms with van der Waals surface area (Å²) in [6.07, 6.45) is 3.81. The Bertz CT molecular complexity index is 806. The van der Waals surface area contributed by atoms with Crippen molar-refractivity contribution in [3.05, 3.63) is 47.5 Å². The van der Waals surface area contributed by atoms with E-state index in [-0.39, 0.29) is 12.2 Å². The summed E-state index contributed by atoms with van der Waals surface area (Å²) in [6.45, 7) is 8.13. The number of benzene rings is 1. The minimum absolute atomic E-state index is 0.0664. The normalized spacial score (nSPS) is 16.5. The first-order valence-electron chi connectivity index (χ1n) is 8.98. The number of halogens is 1. The van der Waals surface area contributed by atoms with Crippen LogP contribution in [0.15, 0.2) is 30.5 Å². The lowest BCUT2D eigenvalue weighted by molar-refractivity contribution is -0.136. The molecule has 0 bridgehead atoms. The van der Waals surface area contributed by atoms with Crippen molar-refractivity contribution in [2.24, 2.45) is 5.41 Å². The van der Waals surface area contributed by atoms with E-state index in [1.807, 2.05) is 6.92 Å². The summed E-state index contributed by atoms with van der Waals surface area (Å²) in [5, 5.41) is 9.40. The third kappa shape index (κ3) is 3.87. The van der Waals surface area contributed by atoms with Gasteiger partial charge < -0.3 is 10.0 Å². The van der Waals surface area contributed by atoms with Crippen molar-refractivity contribution in [2.45, 2.75) is 40.0 Å². The fraction of sp³-hybridized carbons (Fsp3) is 0.429. The van der Waals surface area contributed by atoms with Gasteiger partial charge in [-0.2, -0.15) is 0 Å². The first-order valence-corrected chi connectivity index (χ1v) is 8.98. The third-order valence-corrected chi connectivity index (χ3v) is 5.28. The van der Waals surface area contributed by atoms with E-state index in [4.69, 9.17) is 0 Å². The van der Waals surface area contributed by atoms with E-state index in [0.29, 0.717) is 5.41 Å². The first kappa shape index (κ1) is 18.4. The average molecular weight is 356 g/mol. The van der Waals surface area contributed by atoms with Gasteiger partial charge in [0.05, 0.1) is 12.1 Å². The predicted octanol–water partition coefficient (Wildman–Crippen LogP) is 4.45. The third-order valence-electron chi connectivity index (χ3n) is 5.28. The maximum absolute atomic E-state index is 13.4. The Labute approximate surface area is 153 Å². The summed E-state index contributed by atoms with van der Waals surface area (Å²) >= 11 is 0. The van der Waals surface area contributed by atoms with Gasteiger partial charge in [-0.15, -0.1) is 0 Å². The fourth-order valence-corrected chi connectivity index (χ4v) is 3.53. The van der Waals surface area contributed by atoms with E-state index in [0.717, 1.165) is 54.0 Å². The smallest absolute Gasteiger partial charge is 0.307 e. The minimum atomic E-state index is -0.871.